The molecule has 0 N–H and O–H groups in total. The highest BCUT2D eigenvalue weighted by molar-refractivity contribution is 9.10. The number of carbonyl (C=O) groups excluding carboxylic acids is 1. The van der Waals surface area contributed by atoms with Gasteiger partial charge >= 0.3 is 5.97 Å². The summed E-state index contributed by atoms with van der Waals surface area (Å²) in [5.74, 6) is -0.314. The van der Waals surface area contributed by atoms with E-state index in [4.69, 9.17) is 4.74 Å². The Morgan fingerprint density at radius 3 is 2.86 bits per heavy atom. The molecule has 74 valence electrons. The Morgan fingerprint density at radius 1 is 1.50 bits per heavy atom. The Labute approximate surface area is 90.1 Å². The standard InChI is InChI=1S/C10H9BrO3/c1-13-10(12)9-8(14-9)6-4-2-3-5-7(6)11/h2-5,8-9H,1H3/t8-,9-/m1/s1. The van der Waals surface area contributed by atoms with Crippen molar-refractivity contribution in [2.24, 2.45) is 0 Å². The lowest BCUT2D eigenvalue weighted by molar-refractivity contribution is -0.142. The topological polar surface area (TPSA) is 38.8 Å². The van der Waals surface area contributed by atoms with Crippen molar-refractivity contribution in [3.63, 3.8) is 0 Å². The van der Waals surface area contributed by atoms with Crippen LogP contribution in [0.5, 0.6) is 0 Å². The van der Waals surface area contributed by atoms with Gasteiger partial charge in [-0.05, 0) is 11.6 Å². The highest BCUT2D eigenvalue weighted by atomic mass is 79.9. The van der Waals surface area contributed by atoms with E-state index in [2.05, 4.69) is 20.7 Å². The van der Waals surface area contributed by atoms with Crippen molar-refractivity contribution in [2.75, 3.05) is 7.11 Å². The number of methoxy groups -OCH3 is 1. The molecule has 0 saturated carbocycles. The van der Waals surface area contributed by atoms with Crippen molar-refractivity contribution in [1.29, 1.82) is 0 Å². The summed E-state index contributed by atoms with van der Waals surface area (Å²) >= 11 is 3.40. The highest BCUT2D eigenvalue weighted by Crippen LogP contribution is 2.42. The Balaban J connectivity index is 2.13. The molecular formula is C10H9BrO3. The van der Waals surface area contributed by atoms with Gasteiger partial charge in [0.15, 0.2) is 6.10 Å². The van der Waals surface area contributed by atoms with E-state index in [0.29, 0.717) is 0 Å². The molecule has 1 aromatic carbocycles. The summed E-state index contributed by atoms with van der Waals surface area (Å²) in [6.45, 7) is 0. The van der Waals surface area contributed by atoms with E-state index in [1.54, 1.807) is 0 Å². The van der Waals surface area contributed by atoms with Crippen molar-refractivity contribution in [3.8, 4) is 0 Å². The van der Waals surface area contributed by atoms with Crippen LogP contribution >= 0.6 is 15.9 Å². The molecule has 0 amide bonds. The van der Waals surface area contributed by atoms with Crippen LogP contribution in [-0.2, 0) is 14.3 Å². The number of hydrogen-bond donors (Lipinski definition) is 0. The molecule has 0 bridgehead atoms. The van der Waals surface area contributed by atoms with Crippen molar-refractivity contribution in [1.82, 2.24) is 0 Å². The van der Waals surface area contributed by atoms with E-state index < -0.39 is 6.10 Å². The fraction of sp³-hybridized carbons (Fsp3) is 0.300. The summed E-state index contributed by atoms with van der Waals surface area (Å²) in [5, 5.41) is 0. The van der Waals surface area contributed by atoms with Gasteiger partial charge in [0.2, 0.25) is 0 Å². The second-order valence-electron chi connectivity index (χ2n) is 3.02. The molecule has 1 heterocycles. The van der Waals surface area contributed by atoms with Gasteiger partial charge in [-0.2, -0.15) is 0 Å². The average molecular weight is 257 g/mol. The lowest BCUT2D eigenvalue weighted by Crippen LogP contribution is -2.09. The molecule has 1 saturated heterocycles. The molecule has 1 aliphatic heterocycles. The molecular weight excluding hydrogens is 248 g/mol. The summed E-state index contributed by atoms with van der Waals surface area (Å²) in [7, 11) is 1.36. The van der Waals surface area contributed by atoms with Crippen LogP contribution in [0.4, 0.5) is 0 Å². The summed E-state index contributed by atoms with van der Waals surface area (Å²) in [6, 6.07) is 7.68. The molecule has 0 aliphatic carbocycles. The minimum absolute atomic E-state index is 0.155. The largest absolute Gasteiger partial charge is 0.467 e. The molecule has 0 unspecified atom stereocenters. The van der Waals surface area contributed by atoms with Gasteiger partial charge in [0.1, 0.15) is 6.10 Å². The number of epoxide rings is 1. The Bertz CT molecular complexity index is 364. The maximum absolute atomic E-state index is 11.1. The lowest BCUT2D eigenvalue weighted by atomic mass is 10.1. The molecule has 1 fully saturated rings. The Hall–Kier alpha value is -0.870. The predicted octanol–water partition coefficient (Wildman–Crippen LogP) is 2.06. The molecule has 1 aromatic rings. The number of halogens is 1. The maximum Gasteiger partial charge on any atom is 0.338 e. The molecule has 0 spiro atoms. The SMILES string of the molecule is COC(=O)[C@@H]1O[C@@H]1c1ccccc1Br. The number of ether oxygens (including phenoxy) is 2. The monoisotopic (exact) mass is 256 g/mol. The molecule has 0 aromatic heterocycles. The first-order valence-corrected chi connectivity index (χ1v) is 5.01. The zero-order chi connectivity index (χ0) is 10.1. The number of benzene rings is 1. The number of carbonyl (C=O) groups is 1. The molecule has 2 rings (SSSR count). The fourth-order valence-electron chi connectivity index (χ4n) is 1.35. The van der Waals surface area contributed by atoms with Crippen molar-refractivity contribution in [2.45, 2.75) is 12.2 Å². The van der Waals surface area contributed by atoms with Gasteiger partial charge in [-0.3, -0.25) is 0 Å². The molecule has 1 aliphatic rings. The zero-order valence-electron chi connectivity index (χ0n) is 7.57. The first kappa shape index (κ1) is 9.68. The minimum Gasteiger partial charge on any atom is -0.467 e. The van der Waals surface area contributed by atoms with Crippen LogP contribution in [-0.4, -0.2) is 19.2 Å². The predicted molar refractivity (Wildman–Crippen MR) is 53.8 cm³/mol. The Kier molecular flexibility index (Phi) is 2.56. The third-order valence-corrected chi connectivity index (χ3v) is 2.86. The van der Waals surface area contributed by atoms with Crippen molar-refractivity contribution >= 4 is 21.9 Å². The van der Waals surface area contributed by atoms with Crippen molar-refractivity contribution < 1.29 is 14.3 Å². The smallest absolute Gasteiger partial charge is 0.338 e. The zero-order valence-corrected chi connectivity index (χ0v) is 9.15. The summed E-state index contributed by atoms with van der Waals surface area (Å²) < 4.78 is 10.8. The van der Waals surface area contributed by atoms with E-state index >= 15 is 0 Å². The third kappa shape index (κ3) is 1.67. The normalized spacial score (nSPS) is 24.4. The third-order valence-electron chi connectivity index (χ3n) is 2.14. The van der Waals surface area contributed by atoms with Gasteiger partial charge in [0.05, 0.1) is 7.11 Å². The van der Waals surface area contributed by atoms with E-state index in [0.717, 1.165) is 10.0 Å². The number of rotatable bonds is 2. The molecule has 3 nitrogen and oxygen atoms in total. The quantitative estimate of drug-likeness (QED) is 0.601. The van der Waals surface area contributed by atoms with Gasteiger partial charge < -0.3 is 9.47 Å². The number of esters is 1. The van der Waals surface area contributed by atoms with Gasteiger partial charge in [0.25, 0.3) is 0 Å². The Morgan fingerprint density at radius 2 is 2.21 bits per heavy atom. The number of hydrogen-bond acceptors (Lipinski definition) is 3. The highest BCUT2D eigenvalue weighted by Gasteiger charge is 2.47. The van der Waals surface area contributed by atoms with E-state index in [9.17, 15) is 4.79 Å². The van der Waals surface area contributed by atoms with Crippen LogP contribution in [0.3, 0.4) is 0 Å². The fourth-order valence-corrected chi connectivity index (χ4v) is 1.86. The van der Waals surface area contributed by atoms with Gasteiger partial charge in [-0.1, -0.05) is 34.1 Å². The first-order chi connectivity index (χ1) is 6.74. The second-order valence-corrected chi connectivity index (χ2v) is 3.88. The summed E-state index contributed by atoms with van der Waals surface area (Å²) in [4.78, 5) is 11.1. The molecule has 2 atom stereocenters. The van der Waals surface area contributed by atoms with Crippen LogP contribution in [0.1, 0.15) is 11.7 Å². The van der Waals surface area contributed by atoms with Gasteiger partial charge in [-0.25, -0.2) is 4.79 Å². The minimum atomic E-state index is -0.432. The van der Waals surface area contributed by atoms with Crippen LogP contribution < -0.4 is 0 Å². The average Bonchev–Trinajstić information content (AvgIpc) is 2.97. The second kappa shape index (κ2) is 3.71. The van der Waals surface area contributed by atoms with E-state index in [-0.39, 0.29) is 12.1 Å². The van der Waals surface area contributed by atoms with E-state index in [1.165, 1.54) is 7.11 Å². The molecule has 4 heteroatoms. The van der Waals surface area contributed by atoms with Gasteiger partial charge in [0, 0.05) is 4.47 Å². The first-order valence-electron chi connectivity index (χ1n) is 4.21. The van der Waals surface area contributed by atoms with Crippen LogP contribution in [0.2, 0.25) is 0 Å². The van der Waals surface area contributed by atoms with Gasteiger partial charge in [-0.15, -0.1) is 0 Å². The van der Waals surface area contributed by atoms with Crippen LogP contribution in [0, 0.1) is 0 Å². The van der Waals surface area contributed by atoms with Crippen LogP contribution in [0.15, 0.2) is 28.7 Å². The summed E-state index contributed by atoms with van der Waals surface area (Å²) in [5.41, 5.74) is 0.989. The van der Waals surface area contributed by atoms with E-state index in [1.807, 2.05) is 24.3 Å². The summed E-state index contributed by atoms with van der Waals surface area (Å²) in [6.07, 6.45) is -0.586. The molecule has 14 heavy (non-hydrogen) atoms. The molecule has 0 radical (unpaired) electrons. The lowest BCUT2D eigenvalue weighted by Gasteiger charge is -1.98. The van der Waals surface area contributed by atoms with Crippen molar-refractivity contribution in [3.05, 3.63) is 34.3 Å². The van der Waals surface area contributed by atoms with Crippen LogP contribution in [0.25, 0.3) is 0 Å². The maximum atomic E-state index is 11.1.